The first-order valence-electron chi connectivity index (χ1n) is 6.51. The van der Waals surface area contributed by atoms with E-state index in [1.807, 2.05) is 37.3 Å². The van der Waals surface area contributed by atoms with E-state index in [0.717, 1.165) is 5.56 Å². The Hall–Kier alpha value is -1.98. The predicted molar refractivity (Wildman–Crippen MR) is 78.2 cm³/mol. The summed E-state index contributed by atoms with van der Waals surface area (Å²) in [6.45, 7) is 2.72. The van der Waals surface area contributed by atoms with Crippen LogP contribution in [0, 0.1) is 0 Å². The molecule has 0 amide bonds. The van der Waals surface area contributed by atoms with E-state index in [0.29, 0.717) is 23.6 Å². The summed E-state index contributed by atoms with van der Waals surface area (Å²) in [5.74, 6) is 1.31. The highest BCUT2D eigenvalue weighted by Gasteiger charge is 2.15. The Morgan fingerprint density at radius 2 is 1.50 bits per heavy atom. The van der Waals surface area contributed by atoms with Crippen LogP contribution in [0.5, 0.6) is 11.5 Å². The fourth-order valence-electron chi connectivity index (χ4n) is 1.92. The lowest BCUT2D eigenvalue weighted by molar-refractivity contribution is 0.269. The van der Waals surface area contributed by atoms with Crippen molar-refractivity contribution < 1.29 is 19.5 Å². The summed E-state index contributed by atoms with van der Waals surface area (Å²) in [4.78, 5) is 0. The van der Waals surface area contributed by atoms with E-state index in [9.17, 15) is 10.0 Å². The number of para-hydroxylation sites is 2. The van der Waals surface area contributed by atoms with Gasteiger partial charge in [-0.25, -0.2) is 0 Å². The number of hydrogen-bond acceptors (Lipinski definition) is 4. The standard InChI is InChI=1S/C15H17BO4/c1-2-19-14-9-5-6-10-15(14)20-11-12-7-3-4-8-13(12)16(17)18/h3-10,17-18H,2,11H2,1H3. The molecule has 0 aliphatic rings. The van der Waals surface area contributed by atoms with Gasteiger partial charge in [-0.3, -0.25) is 0 Å². The first-order valence-corrected chi connectivity index (χ1v) is 6.51. The summed E-state index contributed by atoms with van der Waals surface area (Å²) in [7, 11) is -1.50. The third-order valence-electron chi connectivity index (χ3n) is 2.87. The zero-order valence-electron chi connectivity index (χ0n) is 11.3. The van der Waals surface area contributed by atoms with Crippen molar-refractivity contribution >= 4 is 12.6 Å². The van der Waals surface area contributed by atoms with Gasteiger partial charge in [-0.1, -0.05) is 36.4 Å². The average Bonchev–Trinajstić information content (AvgIpc) is 2.47. The zero-order valence-corrected chi connectivity index (χ0v) is 11.3. The number of hydrogen-bond donors (Lipinski definition) is 2. The molecule has 0 spiro atoms. The van der Waals surface area contributed by atoms with Gasteiger partial charge in [0, 0.05) is 0 Å². The molecule has 0 aromatic heterocycles. The van der Waals surface area contributed by atoms with Crippen LogP contribution in [0.3, 0.4) is 0 Å². The van der Waals surface area contributed by atoms with Crippen molar-refractivity contribution in [2.24, 2.45) is 0 Å². The van der Waals surface area contributed by atoms with Crippen molar-refractivity contribution in [1.82, 2.24) is 0 Å². The molecule has 0 aliphatic heterocycles. The molecule has 0 fully saturated rings. The molecule has 0 aliphatic carbocycles. The maximum atomic E-state index is 9.32. The molecular weight excluding hydrogens is 255 g/mol. The monoisotopic (exact) mass is 272 g/mol. The topological polar surface area (TPSA) is 58.9 Å². The van der Waals surface area contributed by atoms with Crippen LogP contribution in [0.2, 0.25) is 0 Å². The fraction of sp³-hybridized carbons (Fsp3) is 0.200. The first kappa shape index (κ1) is 14.4. The fourth-order valence-corrected chi connectivity index (χ4v) is 1.92. The average molecular weight is 272 g/mol. The van der Waals surface area contributed by atoms with Gasteiger partial charge in [0.15, 0.2) is 11.5 Å². The van der Waals surface area contributed by atoms with Crippen LogP contribution in [0.15, 0.2) is 48.5 Å². The van der Waals surface area contributed by atoms with Gasteiger partial charge in [-0.15, -0.1) is 0 Å². The van der Waals surface area contributed by atoms with Crippen LogP contribution < -0.4 is 14.9 Å². The molecule has 0 saturated heterocycles. The highest BCUT2D eigenvalue weighted by atomic mass is 16.5. The molecule has 4 nitrogen and oxygen atoms in total. The molecule has 2 rings (SSSR count). The summed E-state index contributed by atoms with van der Waals surface area (Å²) < 4.78 is 11.2. The second-order valence-electron chi connectivity index (χ2n) is 4.24. The molecule has 2 aromatic carbocycles. The Balaban J connectivity index is 2.13. The van der Waals surface area contributed by atoms with Gasteiger partial charge >= 0.3 is 7.12 Å². The van der Waals surface area contributed by atoms with Crippen LogP contribution in [0.25, 0.3) is 0 Å². The van der Waals surface area contributed by atoms with E-state index in [1.54, 1.807) is 18.2 Å². The highest BCUT2D eigenvalue weighted by molar-refractivity contribution is 6.59. The molecular formula is C15H17BO4. The van der Waals surface area contributed by atoms with Gasteiger partial charge in [0.1, 0.15) is 6.61 Å². The molecule has 0 saturated carbocycles. The lowest BCUT2D eigenvalue weighted by atomic mass is 9.77. The molecule has 0 unspecified atom stereocenters. The van der Waals surface area contributed by atoms with Gasteiger partial charge < -0.3 is 19.5 Å². The normalized spacial score (nSPS) is 10.2. The van der Waals surface area contributed by atoms with Gasteiger partial charge in [0.05, 0.1) is 6.61 Å². The number of rotatable bonds is 6. The summed E-state index contributed by atoms with van der Waals surface area (Å²) in [5, 5.41) is 18.6. The third kappa shape index (κ3) is 3.53. The van der Waals surface area contributed by atoms with Crippen molar-refractivity contribution in [3.05, 3.63) is 54.1 Å². The lowest BCUT2D eigenvalue weighted by Gasteiger charge is -2.13. The Morgan fingerprint density at radius 1 is 0.900 bits per heavy atom. The molecule has 20 heavy (non-hydrogen) atoms. The smallest absolute Gasteiger partial charge is 0.488 e. The SMILES string of the molecule is CCOc1ccccc1OCc1ccccc1B(O)O. The molecule has 2 aromatic rings. The molecule has 2 N–H and O–H groups in total. The Kier molecular flexibility index (Phi) is 5.04. The predicted octanol–water partition coefficient (Wildman–Crippen LogP) is 1.34. The van der Waals surface area contributed by atoms with E-state index in [1.165, 1.54) is 0 Å². The van der Waals surface area contributed by atoms with Crippen molar-refractivity contribution in [2.75, 3.05) is 6.61 Å². The molecule has 5 heteroatoms. The van der Waals surface area contributed by atoms with Gasteiger partial charge in [-0.2, -0.15) is 0 Å². The molecule has 0 atom stereocenters. The minimum atomic E-state index is -1.50. The summed E-state index contributed by atoms with van der Waals surface area (Å²) in [6, 6.07) is 14.5. The Labute approximate surface area is 118 Å². The van der Waals surface area contributed by atoms with E-state index >= 15 is 0 Å². The molecule has 0 bridgehead atoms. The van der Waals surface area contributed by atoms with E-state index in [4.69, 9.17) is 9.47 Å². The van der Waals surface area contributed by atoms with Crippen LogP contribution in [0.1, 0.15) is 12.5 Å². The van der Waals surface area contributed by atoms with E-state index < -0.39 is 7.12 Å². The molecule has 104 valence electrons. The maximum Gasteiger partial charge on any atom is 0.488 e. The minimum Gasteiger partial charge on any atom is -0.490 e. The second kappa shape index (κ2) is 6.98. The zero-order chi connectivity index (χ0) is 14.4. The van der Waals surface area contributed by atoms with Gasteiger partial charge in [0.25, 0.3) is 0 Å². The summed E-state index contributed by atoms with van der Waals surface area (Å²) in [5.41, 5.74) is 1.18. The lowest BCUT2D eigenvalue weighted by Crippen LogP contribution is -2.33. The largest absolute Gasteiger partial charge is 0.490 e. The van der Waals surface area contributed by atoms with Crippen LogP contribution in [-0.2, 0) is 6.61 Å². The maximum absolute atomic E-state index is 9.32. The van der Waals surface area contributed by atoms with Gasteiger partial charge in [-0.05, 0) is 30.1 Å². The second-order valence-corrected chi connectivity index (χ2v) is 4.24. The van der Waals surface area contributed by atoms with Crippen LogP contribution in [0.4, 0.5) is 0 Å². The highest BCUT2D eigenvalue weighted by Crippen LogP contribution is 2.27. The van der Waals surface area contributed by atoms with Crippen molar-refractivity contribution in [2.45, 2.75) is 13.5 Å². The van der Waals surface area contributed by atoms with Gasteiger partial charge in [0.2, 0.25) is 0 Å². The van der Waals surface area contributed by atoms with Crippen molar-refractivity contribution in [1.29, 1.82) is 0 Å². The van der Waals surface area contributed by atoms with Crippen LogP contribution >= 0.6 is 0 Å². The number of benzene rings is 2. The van der Waals surface area contributed by atoms with Crippen molar-refractivity contribution in [3.8, 4) is 11.5 Å². The molecule has 0 heterocycles. The summed E-state index contributed by atoms with van der Waals surface area (Å²) >= 11 is 0. The minimum absolute atomic E-state index is 0.248. The third-order valence-corrected chi connectivity index (χ3v) is 2.87. The van der Waals surface area contributed by atoms with Crippen LogP contribution in [-0.4, -0.2) is 23.8 Å². The molecule has 0 radical (unpaired) electrons. The quantitative estimate of drug-likeness (QED) is 0.779. The van der Waals surface area contributed by atoms with E-state index in [2.05, 4.69) is 0 Å². The van der Waals surface area contributed by atoms with E-state index in [-0.39, 0.29) is 6.61 Å². The first-order chi connectivity index (χ1) is 9.72. The summed E-state index contributed by atoms with van der Waals surface area (Å²) in [6.07, 6.45) is 0. The Bertz CT molecular complexity index is 557. The Morgan fingerprint density at radius 3 is 2.15 bits per heavy atom. The number of ether oxygens (including phenoxy) is 2. The van der Waals surface area contributed by atoms with Crippen molar-refractivity contribution in [3.63, 3.8) is 0 Å².